The number of sulfonamides is 2. The first kappa shape index (κ1) is 28.6. The maximum Gasteiger partial charge on any atom is 0.262 e. The van der Waals surface area contributed by atoms with Crippen LogP contribution < -0.4 is 14.8 Å². The summed E-state index contributed by atoms with van der Waals surface area (Å²) >= 11 is 0. The molecule has 9 nitrogen and oxygen atoms in total. The Labute approximate surface area is 230 Å². The van der Waals surface area contributed by atoms with Crippen molar-refractivity contribution in [3.8, 4) is 5.75 Å². The Morgan fingerprint density at radius 3 is 2.31 bits per heavy atom. The highest BCUT2D eigenvalue weighted by Gasteiger charge is 2.25. The maximum atomic E-state index is 13.0. The Bertz CT molecular complexity index is 1530. The minimum atomic E-state index is -3.90. The fourth-order valence-corrected chi connectivity index (χ4v) is 7.19. The van der Waals surface area contributed by atoms with Crippen molar-refractivity contribution in [3.05, 3.63) is 83.4 Å². The summed E-state index contributed by atoms with van der Waals surface area (Å²) in [6.07, 6.45) is 2.79. The molecule has 1 aliphatic rings. The number of amides is 1. The van der Waals surface area contributed by atoms with Gasteiger partial charge in [-0.3, -0.25) is 9.52 Å². The van der Waals surface area contributed by atoms with Crippen molar-refractivity contribution in [1.29, 1.82) is 0 Å². The van der Waals surface area contributed by atoms with E-state index < -0.39 is 26.0 Å². The van der Waals surface area contributed by atoms with Crippen molar-refractivity contribution in [2.45, 2.75) is 42.9 Å². The molecule has 0 aromatic heterocycles. The molecule has 208 valence electrons. The molecule has 3 aromatic rings. The monoisotopic (exact) mass is 571 g/mol. The van der Waals surface area contributed by atoms with Crippen molar-refractivity contribution >= 4 is 31.6 Å². The standard InChI is InChI=1S/C28H33N3O6S2/c1-21-7-6-8-24(19-21)30-38(33,34)27-20-23(10-9-22(27)2)28(32)29-15-18-37-25-11-13-26(14-12-25)39(35,36)31-16-4-3-5-17-31/h6-14,19-20,30H,3-5,15-18H2,1-2H3,(H,29,32). The number of nitrogens with one attached hydrogen (secondary N) is 2. The highest BCUT2D eigenvalue weighted by molar-refractivity contribution is 7.92. The van der Waals surface area contributed by atoms with Crippen LogP contribution in [0.4, 0.5) is 5.69 Å². The number of rotatable bonds is 10. The molecule has 1 amide bonds. The smallest absolute Gasteiger partial charge is 0.262 e. The first-order valence-electron chi connectivity index (χ1n) is 12.8. The lowest BCUT2D eigenvalue weighted by Gasteiger charge is -2.25. The summed E-state index contributed by atoms with van der Waals surface area (Å²) in [5, 5.41) is 2.72. The van der Waals surface area contributed by atoms with Crippen molar-refractivity contribution in [3.63, 3.8) is 0 Å². The van der Waals surface area contributed by atoms with Crippen LogP contribution in [0.1, 0.15) is 40.7 Å². The van der Waals surface area contributed by atoms with E-state index in [0.29, 0.717) is 30.1 Å². The normalized spacial score (nSPS) is 14.5. The molecule has 1 aliphatic heterocycles. The number of carbonyl (C=O) groups is 1. The number of benzene rings is 3. The zero-order valence-corrected chi connectivity index (χ0v) is 23.6. The number of hydrogen-bond acceptors (Lipinski definition) is 6. The third kappa shape index (κ3) is 7.17. The van der Waals surface area contributed by atoms with Crippen LogP contribution in [0.2, 0.25) is 0 Å². The van der Waals surface area contributed by atoms with E-state index in [1.807, 2.05) is 13.0 Å². The van der Waals surface area contributed by atoms with Gasteiger partial charge in [0.05, 0.1) is 16.3 Å². The van der Waals surface area contributed by atoms with Crippen LogP contribution in [0, 0.1) is 13.8 Å². The third-order valence-electron chi connectivity index (χ3n) is 6.44. The lowest BCUT2D eigenvalue weighted by atomic mass is 10.1. The SMILES string of the molecule is Cc1cccc(NS(=O)(=O)c2cc(C(=O)NCCOc3ccc(S(=O)(=O)N4CCCCC4)cc3)ccc2C)c1. The molecule has 1 fully saturated rings. The zero-order valence-electron chi connectivity index (χ0n) is 22.0. The van der Waals surface area contributed by atoms with E-state index in [0.717, 1.165) is 24.8 Å². The zero-order chi connectivity index (χ0) is 28.0. The minimum absolute atomic E-state index is 0.0208. The average Bonchev–Trinajstić information content (AvgIpc) is 2.91. The summed E-state index contributed by atoms with van der Waals surface area (Å²) in [6, 6.07) is 17.8. The van der Waals surface area contributed by atoms with Gasteiger partial charge in [-0.15, -0.1) is 0 Å². The highest BCUT2D eigenvalue weighted by atomic mass is 32.2. The molecule has 39 heavy (non-hydrogen) atoms. The molecule has 1 saturated heterocycles. The van der Waals surface area contributed by atoms with Gasteiger partial charge < -0.3 is 10.1 Å². The fraction of sp³-hybridized carbons (Fsp3) is 0.321. The topological polar surface area (TPSA) is 122 Å². The Kier molecular flexibility index (Phi) is 8.94. The Hall–Kier alpha value is -3.41. The van der Waals surface area contributed by atoms with Crippen LogP contribution in [-0.2, 0) is 20.0 Å². The van der Waals surface area contributed by atoms with Gasteiger partial charge in [-0.25, -0.2) is 16.8 Å². The lowest BCUT2D eigenvalue weighted by molar-refractivity contribution is 0.0946. The second kappa shape index (κ2) is 12.2. The Morgan fingerprint density at radius 1 is 0.897 bits per heavy atom. The predicted octanol–water partition coefficient (Wildman–Crippen LogP) is 4.09. The number of aryl methyl sites for hydroxylation is 2. The molecule has 1 heterocycles. The maximum absolute atomic E-state index is 13.0. The van der Waals surface area contributed by atoms with E-state index in [4.69, 9.17) is 4.74 Å². The van der Waals surface area contributed by atoms with Crippen LogP contribution in [0.25, 0.3) is 0 Å². The number of ether oxygens (including phenoxy) is 1. The molecular weight excluding hydrogens is 538 g/mol. The molecule has 4 rings (SSSR count). The number of anilines is 1. The summed E-state index contributed by atoms with van der Waals surface area (Å²) in [7, 11) is -7.41. The molecular formula is C28H33N3O6S2. The molecule has 0 unspecified atom stereocenters. The fourth-order valence-electron chi connectivity index (χ4n) is 4.35. The van der Waals surface area contributed by atoms with Crippen LogP contribution in [0.15, 0.2) is 76.5 Å². The summed E-state index contributed by atoms with van der Waals surface area (Å²) in [4.78, 5) is 13.0. The second-order valence-electron chi connectivity index (χ2n) is 9.50. The van der Waals surface area contributed by atoms with E-state index in [-0.39, 0.29) is 28.5 Å². The molecule has 2 N–H and O–H groups in total. The van der Waals surface area contributed by atoms with Gasteiger partial charge in [0, 0.05) is 24.3 Å². The Balaban J connectivity index is 1.32. The van der Waals surface area contributed by atoms with E-state index in [2.05, 4.69) is 10.0 Å². The van der Waals surface area contributed by atoms with Gasteiger partial charge in [0.15, 0.2) is 0 Å². The van der Waals surface area contributed by atoms with Crippen LogP contribution in [-0.4, -0.2) is 53.3 Å². The van der Waals surface area contributed by atoms with Gasteiger partial charge in [0.1, 0.15) is 12.4 Å². The lowest BCUT2D eigenvalue weighted by Crippen LogP contribution is -2.35. The van der Waals surface area contributed by atoms with Crippen molar-refractivity contribution in [1.82, 2.24) is 9.62 Å². The number of piperidine rings is 1. The number of nitrogens with zero attached hydrogens (tertiary/aromatic N) is 1. The molecule has 0 saturated carbocycles. The number of carbonyl (C=O) groups excluding carboxylic acids is 1. The van der Waals surface area contributed by atoms with E-state index in [1.54, 1.807) is 49.4 Å². The van der Waals surface area contributed by atoms with E-state index in [9.17, 15) is 21.6 Å². The quantitative estimate of drug-likeness (QED) is 0.354. The van der Waals surface area contributed by atoms with Crippen molar-refractivity contribution in [2.24, 2.45) is 0 Å². The van der Waals surface area contributed by atoms with Gasteiger partial charge >= 0.3 is 0 Å². The second-order valence-corrected chi connectivity index (χ2v) is 13.1. The molecule has 3 aromatic carbocycles. The molecule has 0 spiro atoms. The van der Waals surface area contributed by atoms with Crippen molar-refractivity contribution < 1.29 is 26.4 Å². The third-order valence-corrected chi connectivity index (χ3v) is 9.88. The van der Waals surface area contributed by atoms with Gasteiger partial charge in [0.2, 0.25) is 10.0 Å². The van der Waals surface area contributed by atoms with Crippen LogP contribution in [0.5, 0.6) is 5.75 Å². The van der Waals surface area contributed by atoms with E-state index >= 15 is 0 Å². The van der Waals surface area contributed by atoms with Gasteiger partial charge in [-0.05, 0) is 86.3 Å². The predicted molar refractivity (Wildman–Crippen MR) is 150 cm³/mol. The highest BCUT2D eigenvalue weighted by Crippen LogP contribution is 2.23. The van der Waals surface area contributed by atoms with E-state index in [1.165, 1.54) is 22.5 Å². The van der Waals surface area contributed by atoms with Crippen LogP contribution in [0.3, 0.4) is 0 Å². The number of hydrogen-bond donors (Lipinski definition) is 2. The molecule has 0 bridgehead atoms. The minimum Gasteiger partial charge on any atom is -0.492 e. The average molecular weight is 572 g/mol. The Morgan fingerprint density at radius 2 is 1.62 bits per heavy atom. The van der Waals surface area contributed by atoms with Crippen LogP contribution >= 0.6 is 0 Å². The largest absolute Gasteiger partial charge is 0.492 e. The van der Waals surface area contributed by atoms with Gasteiger partial charge in [0.25, 0.3) is 15.9 Å². The van der Waals surface area contributed by atoms with Crippen molar-refractivity contribution in [2.75, 3.05) is 31.0 Å². The van der Waals surface area contributed by atoms with Gasteiger partial charge in [-0.2, -0.15) is 4.31 Å². The molecule has 0 aliphatic carbocycles. The summed E-state index contributed by atoms with van der Waals surface area (Å²) in [5.41, 5.74) is 2.08. The molecule has 11 heteroatoms. The summed E-state index contributed by atoms with van der Waals surface area (Å²) in [6.45, 7) is 4.94. The first-order chi connectivity index (χ1) is 18.6. The summed E-state index contributed by atoms with van der Waals surface area (Å²) in [5.74, 6) is 0.0429. The van der Waals surface area contributed by atoms with Gasteiger partial charge in [-0.1, -0.05) is 24.6 Å². The molecule has 0 atom stereocenters. The molecule has 0 radical (unpaired) electrons. The first-order valence-corrected chi connectivity index (χ1v) is 15.7. The summed E-state index contributed by atoms with van der Waals surface area (Å²) < 4.78 is 61.3.